The first-order valence-corrected chi connectivity index (χ1v) is 9.12. The van der Waals surface area contributed by atoms with Gasteiger partial charge in [-0.1, -0.05) is 19.3 Å². The third-order valence-corrected chi connectivity index (χ3v) is 7.03. The first kappa shape index (κ1) is 14.0. The molecule has 0 aromatic heterocycles. The molecule has 0 aliphatic heterocycles. The van der Waals surface area contributed by atoms with Crippen molar-refractivity contribution in [2.45, 2.75) is 69.7 Å². The van der Waals surface area contributed by atoms with Gasteiger partial charge in [-0.25, -0.2) is 0 Å². The molecule has 5 aliphatic carbocycles. The maximum Gasteiger partial charge on any atom is 0.224 e. The molecule has 4 bridgehead atoms. The molecule has 0 aromatic rings. The SMILES string of the molecule is O=C(NC1(CO)CCCCC1)C1C2CC3CC(C2)CC1C3. The van der Waals surface area contributed by atoms with Gasteiger partial charge in [0.1, 0.15) is 0 Å². The Morgan fingerprint density at radius 1 is 0.952 bits per heavy atom. The molecule has 1 amide bonds. The van der Waals surface area contributed by atoms with E-state index in [1.807, 2.05) is 0 Å². The second-order valence-corrected chi connectivity index (χ2v) is 8.44. The van der Waals surface area contributed by atoms with Gasteiger partial charge in [-0.15, -0.1) is 0 Å². The van der Waals surface area contributed by atoms with E-state index in [0.717, 1.165) is 37.5 Å². The monoisotopic (exact) mass is 291 g/mol. The van der Waals surface area contributed by atoms with Crippen LogP contribution >= 0.6 is 0 Å². The fourth-order valence-electron chi connectivity index (χ4n) is 6.25. The number of hydrogen-bond donors (Lipinski definition) is 2. The number of hydrogen-bond acceptors (Lipinski definition) is 2. The maximum absolute atomic E-state index is 12.9. The summed E-state index contributed by atoms with van der Waals surface area (Å²) in [6.07, 6.45) is 12.0. The molecule has 2 N–H and O–H groups in total. The molecule has 0 spiro atoms. The van der Waals surface area contributed by atoms with Gasteiger partial charge in [0, 0.05) is 5.92 Å². The Labute approximate surface area is 127 Å². The van der Waals surface area contributed by atoms with Gasteiger partial charge in [-0.05, 0) is 68.6 Å². The minimum Gasteiger partial charge on any atom is -0.394 e. The van der Waals surface area contributed by atoms with E-state index in [1.165, 1.54) is 38.5 Å². The summed E-state index contributed by atoms with van der Waals surface area (Å²) < 4.78 is 0. The van der Waals surface area contributed by atoms with Crippen LogP contribution < -0.4 is 5.32 Å². The molecule has 5 aliphatic rings. The number of nitrogens with one attached hydrogen (secondary N) is 1. The van der Waals surface area contributed by atoms with Crippen molar-refractivity contribution >= 4 is 5.91 Å². The average Bonchev–Trinajstić information content (AvgIpc) is 2.47. The summed E-state index contributed by atoms with van der Waals surface area (Å²) in [5.74, 6) is 3.64. The lowest BCUT2D eigenvalue weighted by Gasteiger charge is -2.54. The van der Waals surface area contributed by atoms with Gasteiger partial charge in [0.25, 0.3) is 0 Å². The second-order valence-electron chi connectivity index (χ2n) is 8.44. The number of amides is 1. The molecule has 0 aromatic carbocycles. The Kier molecular flexibility index (Phi) is 3.52. The van der Waals surface area contributed by atoms with Crippen molar-refractivity contribution in [3.8, 4) is 0 Å². The van der Waals surface area contributed by atoms with Crippen LogP contribution in [0, 0.1) is 29.6 Å². The van der Waals surface area contributed by atoms with Crippen molar-refractivity contribution < 1.29 is 9.90 Å². The third kappa shape index (κ3) is 2.42. The van der Waals surface area contributed by atoms with E-state index in [0.29, 0.717) is 11.8 Å². The predicted molar refractivity (Wildman–Crippen MR) is 81.6 cm³/mol. The van der Waals surface area contributed by atoms with E-state index in [1.54, 1.807) is 0 Å². The summed E-state index contributed by atoms with van der Waals surface area (Å²) in [4.78, 5) is 12.9. The lowest BCUT2D eigenvalue weighted by atomic mass is 9.51. The van der Waals surface area contributed by atoms with Crippen LogP contribution in [0.15, 0.2) is 0 Å². The molecule has 0 heterocycles. The first-order chi connectivity index (χ1) is 10.2. The first-order valence-electron chi connectivity index (χ1n) is 9.12. The Morgan fingerprint density at radius 2 is 1.52 bits per heavy atom. The quantitative estimate of drug-likeness (QED) is 0.840. The maximum atomic E-state index is 12.9. The number of carbonyl (C=O) groups excluding carboxylic acids is 1. The van der Waals surface area contributed by atoms with Gasteiger partial charge in [0.05, 0.1) is 12.1 Å². The fourth-order valence-corrected chi connectivity index (χ4v) is 6.25. The molecule has 5 saturated carbocycles. The van der Waals surface area contributed by atoms with Crippen molar-refractivity contribution in [3.05, 3.63) is 0 Å². The van der Waals surface area contributed by atoms with E-state index in [4.69, 9.17) is 0 Å². The van der Waals surface area contributed by atoms with E-state index in [9.17, 15) is 9.90 Å². The molecular formula is C18H29NO2. The van der Waals surface area contributed by atoms with Crippen LogP contribution in [-0.2, 0) is 4.79 Å². The Morgan fingerprint density at radius 3 is 2.05 bits per heavy atom. The van der Waals surface area contributed by atoms with Crippen LogP contribution in [0.5, 0.6) is 0 Å². The molecule has 3 nitrogen and oxygen atoms in total. The second kappa shape index (κ2) is 5.26. The van der Waals surface area contributed by atoms with Crippen molar-refractivity contribution in [1.29, 1.82) is 0 Å². The molecule has 5 fully saturated rings. The van der Waals surface area contributed by atoms with Crippen LogP contribution in [0.3, 0.4) is 0 Å². The van der Waals surface area contributed by atoms with E-state index >= 15 is 0 Å². The summed E-state index contributed by atoms with van der Waals surface area (Å²) in [7, 11) is 0. The lowest BCUT2D eigenvalue weighted by molar-refractivity contribution is -0.141. The smallest absolute Gasteiger partial charge is 0.224 e. The molecule has 118 valence electrons. The molecule has 0 unspecified atom stereocenters. The summed E-state index contributed by atoms with van der Waals surface area (Å²) in [6.45, 7) is 0.117. The van der Waals surface area contributed by atoms with Gasteiger partial charge >= 0.3 is 0 Å². The van der Waals surface area contributed by atoms with E-state index in [2.05, 4.69) is 5.32 Å². The predicted octanol–water partition coefficient (Wildman–Crippen LogP) is 2.87. The molecule has 0 saturated heterocycles. The highest BCUT2D eigenvalue weighted by molar-refractivity contribution is 5.80. The Hall–Kier alpha value is -0.570. The van der Waals surface area contributed by atoms with Gasteiger partial charge in [0.15, 0.2) is 0 Å². The number of carbonyl (C=O) groups is 1. The van der Waals surface area contributed by atoms with Gasteiger partial charge in [0.2, 0.25) is 5.91 Å². The highest BCUT2D eigenvalue weighted by Crippen LogP contribution is 2.56. The highest BCUT2D eigenvalue weighted by atomic mass is 16.3. The van der Waals surface area contributed by atoms with Crippen molar-refractivity contribution in [2.24, 2.45) is 29.6 Å². The van der Waals surface area contributed by atoms with Gasteiger partial charge in [-0.3, -0.25) is 4.79 Å². The van der Waals surface area contributed by atoms with Crippen molar-refractivity contribution in [3.63, 3.8) is 0 Å². The van der Waals surface area contributed by atoms with E-state index in [-0.39, 0.29) is 24.0 Å². The topological polar surface area (TPSA) is 49.3 Å². The molecule has 0 atom stereocenters. The minimum absolute atomic E-state index is 0.117. The summed E-state index contributed by atoms with van der Waals surface area (Å²) in [5, 5.41) is 13.1. The third-order valence-electron chi connectivity index (χ3n) is 7.03. The molecular weight excluding hydrogens is 262 g/mol. The van der Waals surface area contributed by atoms with Crippen LogP contribution in [-0.4, -0.2) is 23.2 Å². The summed E-state index contributed by atoms with van der Waals surface area (Å²) in [6, 6.07) is 0. The molecule has 0 radical (unpaired) electrons. The normalized spacial score (nSPS) is 43.8. The highest BCUT2D eigenvalue weighted by Gasteiger charge is 2.51. The number of aliphatic hydroxyl groups excluding tert-OH is 1. The standard InChI is InChI=1S/C18H29NO2/c20-11-18(4-2-1-3-5-18)19-17(21)16-14-7-12-6-13(9-14)10-15(16)8-12/h12-16,20H,1-11H2,(H,19,21). The Bertz CT molecular complexity index is 385. The minimum atomic E-state index is -0.302. The summed E-state index contributed by atoms with van der Waals surface area (Å²) in [5.41, 5.74) is -0.302. The van der Waals surface area contributed by atoms with Crippen LogP contribution in [0.25, 0.3) is 0 Å². The zero-order valence-electron chi connectivity index (χ0n) is 13.0. The zero-order valence-corrected chi connectivity index (χ0v) is 13.0. The number of rotatable bonds is 3. The van der Waals surface area contributed by atoms with Crippen LogP contribution in [0.1, 0.15) is 64.2 Å². The zero-order chi connectivity index (χ0) is 14.4. The van der Waals surface area contributed by atoms with Crippen LogP contribution in [0.4, 0.5) is 0 Å². The lowest BCUT2D eigenvalue weighted by Crippen LogP contribution is -2.58. The molecule has 5 rings (SSSR count). The number of aliphatic hydroxyl groups is 1. The van der Waals surface area contributed by atoms with Crippen molar-refractivity contribution in [1.82, 2.24) is 5.32 Å². The fraction of sp³-hybridized carbons (Fsp3) is 0.944. The Balaban J connectivity index is 1.47. The van der Waals surface area contributed by atoms with Crippen molar-refractivity contribution in [2.75, 3.05) is 6.61 Å². The molecule has 21 heavy (non-hydrogen) atoms. The van der Waals surface area contributed by atoms with E-state index < -0.39 is 0 Å². The molecule has 3 heteroatoms. The van der Waals surface area contributed by atoms with Crippen LogP contribution in [0.2, 0.25) is 0 Å². The van der Waals surface area contributed by atoms with Gasteiger partial charge < -0.3 is 10.4 Å². The average molecular weight is 291 g/mol. The summed E-state index contributed by atoms with van der Waals surface area (Å²) >= 11 is 0. The largest absolute Gasteiger partial charge is 0.394 e. The van der Waals surface area contributed by atoms with Gasteiger partial charge in [-0.2, -0.15) is 0 Å².